The van der Waals surface area contributed by atoms with Gasteiger partial charge in [-0.2, -0.15) is 5.26 Å². The lowest BCUT2D eigenvalue weighted by molar-refractivity contribution is -0.141. The number of carbonyl (C=O) groups is 2. The number of hydrogen-bond acceptors (Lipinski definition) is 3. The van der Waals surface area contributed by atoms with Crippen LogP contribution < -0.4 is 0 Å². The van der Waals surface area contributed by atoms with E-state index < -0.39 is 6.04 Å². The van der Waals surface area contributed by atoms with Crippen LogP contribution in [-0.2, 0) is 9.59 Å². The standard InChI is InChI=1S/C13H16N2O2/c1-2-5-9(8-14)15-12(16)10-6-3-4-7-11(10)13(15)17/h3-4,9-11H,2,5-7H2,1H3/t9?,10-,11+. The van der Waals surface area contributed by atoms with Crippen LogP contribution in [0.2, 0.25) is 0 Å². The molecule has 90 valence electrons. The van der Waals surface area contributed by atoms with Crippen LogP contribution in [0.5, 0.6) is 0 Å². The molecule has 3 atom stereocenters. The summed E-state index contributed by atoms with van der Waals surface area (Å²) in [6.45, 7) is 1.95. The zero-order chi connectivity index (χ0) is 12.4. The number of imide groups is 1. The monoisotopic (exact) mass is 232 g/mol. The van der Waals surface area contributed by atoms with Gasteiger partial charge in [-0.25, -0.2) is 0 Å². The van der Waals surface area contributed by atoms with Crippen LogP contribution >= 0.6 is 0 Å². The van der Waals surface area contributed by atoms with Gasteiger partial charge in [0.1, 0.15) is 6.04 Å². The molecule has 1 unspecified atom stereocenters. The normalized spacial score (nSPS) is 29.1. The third-order valence-corrected chi connectivity index (χ3v) is 3.56. The second-order valence-corrected chi connectivity index (χ2v) is 4.64. The van der Waals surface area contributed by atoms with E-state index in [2.05, 4.69) is 6.07 Å². The van der Waals surface area contributed by atoms with Gasteiger partial charge in [-0.3, -0.25) is 14.5 Å². The lowest BCUT2D eigenvalue weighted by Gasteiger charge is -2.20. The summed E-state index contributed by atoms with van der Waals surface area (Å²) in [5.74, 6) is -0.742. The van der Waals surface area contributed by atoms with E-state index in [9.17, 15) is 9.59 Å². The van der Waals surface area contributed by atoms with Gasteiger partial charge in [0.05, 0.1) is 17.9 Å². The summed E-state index contributed by atoms with van der Waals surface area (Å²) < 4.78 is 0. The van der Waals surface area contributed by atoms with Crippen LogP contribution in [0.15, 0.2) is 12.2 Å². The Bertz CT molecular complexity index is 382. The lowest BCUT2D eigenvalue weighted by atomic mass is 9.85. The van der Waals surface area contributed by atoms with Gasteiger partial charge < -0.3 is 0 Å². The summed E-state index contributed by atoms with van der Waals surface area (Å²) >= 11 is 0. The minimum Gasteiger partial charge on any atom is -0.274 e. The maximum atomic E-state index is 12.1. The maximum Gasteiger partial charge on any atom is 0.234 e. The molecule has 2 amide bonds. The molecule has 1 saturated heterocycles. The molecule has 1 fully saturated rings. The van der Waals surface area contributed by atoms with Gasteiger partial charge in [0.15, 0.2) is 0 Å². The SMILES string of the molecule is CCCC(C#N)N1C(=O)[C@H]2CC=CC[C@H]2C1=O. The van der Waals surface area contributed by atoms with Gasteiger partial charge >= 0.3 is 0 Å². The minimum absolute atomic E-state index is 0.149. The van der Waals surface area contributed by atoms with Crippen LogP contribution in [0.4, 0.5) is 0 Å². The van der Waals surface area contributed by atoms with E-state index in [4.69, 9.17) is 5.26 Å². The van der Waals surface area contributed by atoms with Gasteiger partial charge in [0.25, 0.3) is 0 Å². The number of amides is 2. The third-order valence-electron chi connectivity index (χ3n) is 3.56. The molecule has 2 rings (SSSR count). The predicted molar refractivity (Wildman–Crippen MR) is 61.5 cm³/mol. The van der Waals surface area contributed by atoms with Crippen molar-refractivity contribution in [1.29, 1.82) is 5.26 Å². The molecule has 4 heteroatoms. The molecular weight excluding hydrogens is 216 g/mol. The second-order valence-electron chi connectivity index (χ2n) is 4.64. The largest absolute Gasteiger partial charge is 0.274 e. The lowest BCUT2D eigenvalue weighted by Crippen LogP contribution is -2.39. The Hall–Kier alpha value is -1.63. The number of nitrogens with zero attached hydrogens (tertiary/aromatic N) is 2. The molecule has 0 spiro atoms. The molecule has 1 aliphatic heterocycles. The Balaban J connectivity index is 2.23. The van der Waals surface area contributed by atoms with E-state index in [-0.39, 0.29) is 23.7 Å². The van der Waals surface area contributed by atoms with E-state index in [0.717, 1.165) is 6.42 Å². The number of hydrogen-bond donors (Lipinski definition) is 0. The highest BCUT2D eigenvalue weighted by Gasteiger charge is 2.49. The van der Waals surface area contributed by atoms with E-state index >= 15 is 0 Å². The van der Waals surface area contributed by atoms with Crippen LogP contribution in [0, 0.1) is 23.2 Å². The average molecular weight is 232 g/mol. The summed E-state index contributed by atoms with van der Waals surface area (Å²) in [5, 5.41) is 9.07. The quantitative estimate of drug-likeness (QED) is 0.549. The predicted octanol–water partition coefficient (Wildman–Crippen LogP) is 1.63. The number of rotatable bonds is 3. The summed E-state index contributed by atoms with van der Waals surface area (Å²) in [5.41, 5.74) is 0. The van der Waals surface area contributed by atoms with Crippen molar-refractivity contribution in [3.63, 3.8) is 0 Å². The van der Waals surface area contributed by atoms with Gasteiger partial charge in [-0.05, 0) is 19.3 Å². The summed E-state index contributed by atoms with van der Waals surface area (Å²) in [6, 6.07) is 1.50. The summed E-state index contributed by atoms with van der Waals surface area (Å²) in [6.07, 6.45) is 6.55. The van der Waals surface area contributed by atoms with Crippen LogP contribution in [0.25, 0.3) is 0 Å². The zero-order valence-corrected chi connectivity index (χ0v) is 9.93. The first-order valence-electron chi connectivity index (χ1n) is 6.12. The first-order chi connectivity index (χ1) is 8.20. The van der Waals surface area contributed by atoms with Crippen molar-refractivity contribution in [2.75, 3.05) is 0 Å². The van der Waals surface area contributed by atoms with Crippen molar-refractivity contribution < 1.29 is 9.59 Å². The first-order valence-corrected chi connectivity index (χ1v) is 6.12. The molecule has 0 aromatic heterocycles. The highest BCUT2D eigenvalue weighted by molar-refractivity contribution is 6.06. The smallest absolute Gasteiger partial charge is 0.234 e. The molecule has 0 aromatic rings. The summed E-state index contributed by atoms with van der Waals surface area (Å²) in [7, 11) is 0. The van der Waals surface area contributed by atoms with Crippen LogP contribution in [0.3, 0.4) is 0 Å². The molecule has 17 heavy (non-hydrogen) atoms. The Kier molecular flexibility index (Phi) is 3.28. The third kappa shape index (κ3) is 1.86. The minimum atomic E-state index is -0.578. The molecular formula is C13H16N2O2. The fraction of sp³-hybridized carbons (Fsp3) is 0.615. The molecule has 0 saturated carbocycles. The van der Waals surface area contributed by atoms with Gasteiger partial charge in [-0.15, -0.1) is 0 Å². The fourth-order valence-corrected chi connectivity index (χ4v) is 2.66. The highest BCUT2D eigenvalue weighted by Crippen LogP contribution is 2.36. The molecule has 1 aliphatic carbocycles. The second kappa shape index (κ2) is 4.70. The van der Waals surface area contributed by atoms with Crippen molar-refractivity contribution in [2.24, 2.45) is 11.8 Å². The average Bonchev–Trinajstić information content (AvgIpc) is 2.61. The summed E-state index contributed by atoms with van der Waals surface area (Å²) in [4.78, 5) is 25.5. The Labute approximate surface area is 101 Å². The number of fused-ring (bicyclic) bond motifs is 1. The topological polar surface area (TPSA) is 61.2 Å². The van der Waals surface area contributed by atoms with Crippen LogP contribution in [0.1, 0.15) is 32.6 Å². The van der Waals surface area contributed by atoms with Gasteiger partial charge in [-0.1, -0.05) is 25.5 Å². The Morgan fingerprint density at radius 1 is 1.35 bits per heavy atom. The molecule has 0 bridgehead atoms. The first kappa shape index (κ1) is 11.8. The number of nitriles is 1. The molecule has 2 aliphatic rings. The molecule has 1 heterocycles. The Morgan fingerprint density at radius 3 is 2.29 bits per heavy atom. The van der Waals surface area contributed by atoms with E-state index in [1.54, 1.807) is 0 Å². The Morgan fingerprint density at radius 2 is 1.88 bits per heavy atom. The van der Waals surface area contributed by atoms with Crippen molar-refractivity contribution in [2.45, 2.75) is 38.6 Å². The number of allylic oxidation sites excluding steroid dienone is 2. The van der Waals surface area contributed by atoms with E-state index in [0.29, 0.717) is 19.3 Å². The molecule has 0 radical (unpaired) electrons. The van der Waals surface area contributed by atoms with Crippen molar-refractivity contribution >= 4 is 11.8 Å². The van der Waals surface area contributed by atoms with Crippen molar-refractivity contribution in [1.82, 2.24) is 4.90 Å². The molecule has 0 N–H and O–H groups in total. The number of carbonyl (C=O) groups excluding carboxylic acids is 2. The van der Waals surface area contributed by atoms with Gasteiger partial charge in [0.2, 0.25) is 11.8 Å². The zero-order valence-electron chi connectivity index (χ0n) is 9.93. The van der Waals surface area contributed by atoms with Gasteiger partial charge in [0, 0.05) is 0 Å². The van der Waals surface area contributed by atoms with Crippen LogP contribution in [-0.4, -0.2) is 22.8 Å². The van der Waals surface area contributed by atoms with Crippen molar-refractivity contribution in [3.8, 4) is 6.07 Å². The number of likely N-dealkylation sites (tertiary alicyclic amines) is 1. The van der Waals surface area contributed by atoms with E-state index in [1.165, 1.54) is 4.90 Å². The van der Waals surface area contributed by atoms with Crippen molar-refractivity contribution in [3.05, 3.63) is 12.2 Å². The molecule has 4 nitrogen and oxygen atoms in total. The maximum absolute atomic E-state index is 12.1. The molecule has 0 aromatic carbocycles. The highest BCUT2D eigenvalue weighted by atomic mass is 16.2. The van der Waals surface area contributed by atoms with E-state index in [1.807, 2.05) is 19.1 Å². The fourth-order valence-electron chi connectivity index (χ4n) is 2.66.